The molecule has 0 heterocycles. The molecule has 0 aliphatic rings. The topological polar surface area (TPSA) is 431 Å². The van der Waals surface area contributed by atoms with Gasteiger partial charge in [-0.3, -0.25) is 26.4 Å². The van der Waals surface area contributed by atoms with Gasteiger partial charge in [0.2, 0.25) is 0 Å². The second-order valence-corrected chi connectivity index (χ2v) is 11.3. The number of phosphoric acid groups is 6. The minimum atomic E-state index is -5.97. The summed E-state index contributed by atoms with van der Waals surface area (Å²) in [6.45, 7) is 0. The summed E-state index contributed by atoms with van der Waals surface area (Å²) in [6.07, 6.45) is 0. The van der Waals surface area contributed by atoms with E-state index >= 15 is 0 Å². The standard InChI is InChI=1S/BH3O3.5Mg.2H5O10P3/c2-1(3)4;;;;;;2*1-11(2,3)9-13(7,8)10-12(4,5)6/h2-4H;;;;;;2*(H,7,8)(H2,1,2,3)(H2,4,5,6)/q;5*+2;;/p-10. The fourth-order valence-corrected chi connectivity index (χ4v) is 5.21. The molecule has 0 amide bonds. The summed E-state index contributed by atoms with van der Waals surface area (Å²) in [5.41, 5.74) is 0. The minimum absolute atomic E-state index is 0. The van der Waals surface area contributed by atoms with Crippen molar-refractivity contribution in [3.05, 3.63) is 0 Å². The average molecular weight is 689 g/mol. The van der Waals surface area contributed by atoms with E-state index in [0.717, 1.165) is 0 Å². The predicted molar refractivity (Wildman–Crippen MR) is 91.2 cm³/mol. The van der Waals surface area contributed by atoms with E-state index in [2.05, 4.69) is 17.2 Å². The van der Waals surface area contributed by atoms with Gasteiger partial charge >= 0.3 is 123 Å². The fraction of sp³-hybridized carbons (Fsp3) is 0. The van der Waals surface area contributed by atoms with Crippen LogP contribution in [0.2, 0.25) is 0 Å². The molecule has 3 N–H and O–H groups in total. The van der Waals surface area contributed by atoms with Crippen LogP contribution in [0.25, 0.3) is 0 Å². The third kappa shape index (κ3) is 63.2. The quantitative estimate of drug-likeness (QED) is 0.157. The van der Waals surface area contributed by atoms with E-state index in [4.69, 9.17) is 15.1 Å². The molecule has 0 aliphatic carbocycles. The molecule has 0 saturated carbocycles. The van der Waals surface area contributed by atoms with E-state index in [1.807, 2.05) is 0 Å². The number of hydrogen-bond donors (Lipinski definition) is 3. The molecule has 0 fully saturated rings. The Balaban J connectivity index is -0.0000000534. The van der Waals surface area contributed by atoms with Crippen LogP contribution in [-0.4, -0.2) is 138 Å². The molecule has 184 valence electrons. The molecule has 0 aromatic carbocycles. The Morgan fingerprint density at radius 2 is 0.486 bits per heavy atom. The van der Waals surface area contributed by atoms with Crippen LogP contribution in [0, 0.1) is 0 Å². The Kier molecular flexibility index (Phi) is 40.7. The molecule has 0 saturated heterocycles. The van der Waals surface area contributed by atoms with Crippen molar-refractivity contribution >= 4 is 170 Å². The second-order valence-electron chi connectivity index (χ2n) is 3.36. The Morgan fingerprint density at radius 1 is 0.400 bits per heavy atom. The van der Waals surface area contributed by atoms with Crippen LogP contribution in [-0.2, 0) is 44.6 Å². The molecule has 0 unspecified atom stereocenters. The molecule has 0 aliphatic heterocycles. The fourth-order valence-electron chi connectivity index (χ4n) is 0.520. The van der Waals surface area contributed by atoms with E-state index in [-0.39, 0.29) is 115 Å². The summed E-state index contributed by atoms with van der Waals surface area (Å²) in [4.78, 5) is 97.3. The van der Waals surface area contributed by atoms with Gasteiger partial charge < -0.3 is 82.3 Å². The molecule has 0 atom stereocenters. The molecule has 35 heavy (non-hydrogen) atoms. The van der Waals surface area contributed by atoms with Gasteiger partial charge in [-0.15, -0.1) is 0 Å². The van der Waals surface area contributed by atoms with Crippen molar-refractivity contribution in [3.8, 4) is 0 Å². The van der Waals surface area contributed by atoms with Gasteiger partial charge in [0.1, 0.15) is 0 Å². The van der Waals surface area contributed by atoms with Crippen LogP contribution in [0.1, 0.15) is 0 Å². The molecule has 23 nitrogen and oxygen atoms in total. The van der Waals surface area contributed by atoms with Crippen molar-refractivity contribution in [1.29, 1.82) is 0 Å². The van der Waals surface area contributed by atoms with Crippen molar-refractivity contribution in [3.63, 3.8) is 0 Å². The van der Waals surface area contributed by atoms with E-state index in [1.165, 1.54) is 0 Å². The largest absolute Gasteiger partial charge is 2.00 e. The zero-order chi connectivity index (χ0) is 25.4. The summed E-state index contributed by atoms with van der Waals surface area (Å²) >= 11 is 0. The summed E-state index contributed by atoms with van der Waals surface area (Å²) in [7, 11) is -38.0. The summed E-state index contributed by atoms with van der Waals surface area (Å²) in [6, 6.07) is 0. The molecular formula is H3BMg5O23P6. The summed E-state index contributed by atoms with van der Waals surface area (Å²) in [5.74, 6) is 0. The Labute approximate surface area is 275 Å². The van der Waals surface area contributed by atoms with E-state index in [9.17, 15) is 76.3 Å². The van der Waals surface area contributed by atoms with Crippen molar-refractivity contribution in [2.24, 2.45) is 0 Å². The zero-order valence-corrected chi connectivity index (χ0v) is 28.7. The van der Waals surface area contributed by atoms with Gasteiger partial charge in [-0.05, 0) is 0 Å². The van der Waals surface area contributed by atoms with Crippen molar-refractivity contribution < 1.29 is 109 Å². The Morgan fingerprint density at radius 3 is 0.543 bits per heavy atom. The zero-order valence-electron chi connectivity index (χ0n) is 16.3. The first-order valence-electron chi connectivity index (χ1n) is 5.16. The first-order chi connectivity index (χ1) is 12.6. The molecule has 0 aromatic rings. The van der Waals surface area contributed by atoms with Gasteiger partial charge in [-0.1, -0.05) is 0 Å². The Hall–Kier alpha value is 4.60. The van der Waals surface area contributed by atoms with Crippen molar-refractivity contribution in [1.82, 2.24) is 0 Å². The third-order valence-electron chi connectivity index (χ3n) is 0.800. The molecule has 0 bridgehead atoms. The van der Waals surface area contributed by atoms with Gasteiger partial charge in [-0.2, -0.15) is 0 Å². The van der Waals surface area contributed by atoms with Crippen LogP contribution in [0.4, 0.5) is 0 Å². The molecule has 0 rings (SSSR count). The summed E-state index contributed by atoms with van der Waals surface area (Å²) < 4.78 is 69.4. The molecule has 0 aromatic heterocycles. The first kappa shape index (κ1) is 59.1. The molecular weight excluding hydrogens is 686 g/mol. The molecule has 0 spiro atoms. The van der Waals surface area contributed by atoms with Crippen LogP contribution in [0.5, 0.6) is 0 Å². The van der Waals surface area contributed by atoms with Gasteiger partial charge in [0.25, 0.3) is 15.6 Å². The maximum atomic E-state index is 10.1. The monoisotopic (exact) mass is 688 g/mol. The van der Waals surface area contributed by atoms with Gasteiger partial charge in [0.15, 0.2) is 0 Å². The number of hydrogen-bond acceptors (Lipinski definition) is 23. The molecule has 0 radical (unpaired) electrons. The van der Waals surface area contributed by atoms with Crippen molar-refractivity contribution in [2.75, 3.05) is 0 Å². The van der Waals surface area contributed by atoms with E-state index in [1.54, 1.807) is 0 Å². The number of rotatable bonds is 8. The second kappa shape index (κ2) is 24.1. The van der Waals surface area contributed by atoms with Gasteiger partial charge in [-0.25, -0.2) is 0 Å². The van der Waals surface area contributed by atoms with Crippen molar-refractivity contribution in [2.45, 2.75) is 0 Å². The van der Waals surface area contributed by atoms with Gasteiger partial charge in [0.05, 0.1) is 31.3 Å². The average Bonchev–Trinajstić information content (AvgIpc) is 2.10. The van der Waals surface area contributed by atoms with Crippen LogP contribution >= 0.6 is 46.9 Å². The predicted octanol–water partition coefficient (Wildman–Crippen LogP) is -11.7. The Bertz CT molecular complexity index is 676. The van der Waals surface area contributed by atoms with Crippen LogP contribution < -0.4 is 48.9 Å². The maximum Gasteiger partial charge on any atom is 2.00 e. The first-order valence-corrected chi connectivity index (χ1v) is 13.9. The van der Waals surface area contributed by atoms with Crippen LogP contribution in [0.15, 0.2) is 0 Å². The van der Waals surface area contributed by atoms with E-state index < -0.39 is 54.3 Å². The minimum Gasteiger partial charge on any atom is -0.790 e. The van der Waals surface area contributed by atoms with Crippen LogP contribution in [0.3, 0.4) is 0 Å². The smallest absolute Gasteiger partial charge is 0.790 e. The summed E-state index contributed by atoms with van der Waals surface area (Å²) in [5, 5.41) is 21.5. The maximum absolute atomic E-state index is 10.1. The normalized spacial score (nSPS) is 11.6. The van der Waals surface area contributed by atoms with E-state index in [0.29, 0.717) is 0 Å². The van der Waals surface area contributed by atoms with Gasteiger partial charge in [0, 0.05) is 0 Å². The third-order valence-corrected chi connectivity index (χ3v) is 7.20. The molecule has 35 heteroatoms. The SMILES string of the molecule is O=P([O-])([O-])OP(=O)([O-])OP(=O)([O-])[O-].O=P([O-])([O-])OP(=O)([O-])OP(=O)([O-])[O-].OB(O)O.[Mg+2].[Mg+2].[Mg+2].[Mg+2].[Mg+2].